The molecule has 15 heteroatoms. The molecule has 0 aliphatic carbocycles. The first-order valence-corrected chi connectivity index (χ1v) is 11.7. The van der Waals surface area contributed by atoms with Crippen molar-refractivity contribution in [3.05, 3.63) is 21.7 Å². The number of nitrogen functional groups attached to an aromatic ring is 1. The molecule has 2 saturated heterocycles. The average molecular weight is 488 g/mol. The number of carbonyl (C=O) groups excluding carboxylic acids is 2. The number of thiazole rings is 1. The molecule has 2 atom stereocenters. The Labute approximate surface area is 187 Å². The van der Waals surface area contributed by atoms with Crippen LogP contribution in [0, 0.1) is 0 Å². The molecule has 1 aromatic heterocycles. The van der Waals surface area contributed by atoms with Crippen molar-refractivity contribution in [2.75, 3.05) is 31.5 Å². The summed E-state index contributed by atoms with van der Waals surface area (Å²) in [6.45, 7) is 1.05. The number of carboxylic acid groups (broad SMARTS) is 1. The Bertz CT molecular complexity index is 975. The highest BCUT2D eigenvalue weighted by Crippen LogP contribution is 2.44. The molecule has 0 spiro atoms. The molecule has 1 aromatic rings. The van der Waals surface area contributed by atoms with E-state index in [2.05, 4.69) is 15.5 Å². The standard InChI is InChI=1S/C16H17N5O7S3/c17-16-18-7(3-30-16)9(20-26)12(22)19-10-13(23)21-11(15(24)25)8(4-29-14(10)21)31-6-1-27-5-28-2-6/h3,6,10,14,26H,1-2,4-5H2,(H2,17,18)(H,19,22)(H,24,25)/b20-9-/t10?,14-/m0/s1. The van der Waals surface area contributed by atoms with E-state index in [1.807, 2.05) is 0 Å². The fraction of sp³-hybridized carbons (Fsp3) is 0.438. The Hall–Kier alpha value is -2.33. The van der Waals surface area contributed by atoms with Gasteiger partial charge < -0.3 is 30.8 Å². The molecule has 0 saturated carbocycles. The van der Waals surface area contributed by atoms with E-state index < -0.39 is 29.2 Å². The Balaban J connectivity index is 1.48. The summed E-state index contributed by atoms with van der Waals surface area (Å²) < 4.78 is 10.5. The van der Waals surface area contributed by atoms with Crippen LogP contribution in [0.2, 0.25) is 0 Å². The third-order valence-corrected chi connectivity index (χ3v) is 7.95. The monoisotopic (exact) mass is 487 g/mol. The van der Waals surface area contributed by atoms with Crippen molar-refractivity contribution in [2.24, 2.45) is 5.16 Å². The van der Waals surface area contributed by atoms with Crippen molar-refractivity contribution < 1.29 is 34.2 Å². The molecule has 166 valence electrons. The maximum Gasteiger partial charge on any atom is 0.353 e. The fourth-order valence-corrected chi connectivity index (χ4v) is 6.48. The highest BCUT2D eigenvalue weighted by molar-refractivity contribution is 8.06. The summed E-state index contributed by atoms with van der Waals surface area (Å²) >= 11 is 3.72. The second-order valence-electron chi connectivity index (χ2n) is 6.56. The Kier molecular flexibility index (Phi) is 6.38. The number of nitrogens with two attached hydrogens (primary N) is 1. The van der Waals surface area contributed by atoms with Crippen LogP contribution < -0.4 is 11.1 Å². The minimum atomic E-state index is -1.22. The number of hydrogen-bond donors (Lipinski definition) is 4. The van der Waals surface area contributed by atoms with E-state index in [0.717, 1.165) is 11.3 Å². The normalized spacial score (nSPS) is 24.6. The lowest BCUT2D eigenvalue weighted by atomic mass is 10.0. The van der Waals surface area contributed by atoms with Gasteiger partial charge in [0.2, 0.25) is 0 Å². The van der Waals surface area contributed by atoms with Gasteiger partial charge in [0, 0.05) is 16.0 Å². The lowest BCUT2D eigenvalue weighted by Gasteiger charge is -2.49. The predicted octanol–water partition coefficient (Wildman–Crippen LogP) is -0.294. The summed E-state index contributed by atoms with van der Waals surface area (Å²) in [5.41, 5.74) is 5.13. The second-order valence-corrected chi connectivity index (χ2v) is 9.95. The Morgan fingerprint density at radius 2 is 2.13 bits per heavy atom. The summed E-state index contributed by atoms with van der Waals surface area (Å²) in [5.74, 6) is -2.25. The van der Waals surface area contributed by atoms with Gasteiger partial charge in [-0.2, -0.15) is 0 Å². The topological polar surface area (TPSA) is 177 Å². The molecule has 2 amide bonds. The number of carboxylic acids is 1. The number of aromatic nitrogens is 1. The lowest BCUT2D eigenvalue weighted by Crippen LogP contribution is -2.71. The van der Waals surface area contributed by atoms with Crippen LogP contribution in [0.5, 0.6) is 0 Å². The molecular formula is C16H17N5O7S3. The lowest BCUT2D eigenvalue weighted by molar-refractivity contribution is -0.150. The molecule has 4 rings (SSSR count). The van der Waals surface area contributed by atoms with Crippen LogP contribution in [0.4, 0.5) is 5.13 Å². The van der Waals surface area contributed by atoms with Gasteiger partial charge in [0.1, 0.15) is 29.6 Å². The first-order valence-electron chi connectivity index (χ1n) is 8.88. The molecule has 3 aliphatic rings. The summed E-state index contributed by atoms with van der Waals surface area (Å²) in [5, 5.41) is 25.4. The molecule has 0 radical (unpaired) electrons. The van der Waals surface area contributed by atoms with Gasteiger partial charge in [0.15, 0.2) is 10.8 Å². The summed E-state index contributed by atoms with van der Waals surface area (Å²) in [7, 11) is 0. The minimum absolute atomic E-state index is 0.0731. The molecular weight excluding hydrogens is 470 g/mol. The number of anilines is 1. The van der Waals surface area contributed by atoms with E-state index in [1.54, 1.807) is 0 Å². The van der Waals surface area contributed by atoms with E-state index >= 15 is 0 Å². The Morgan fingerprint density at radius 3 is 2.74 bits per heavy atom. The number of hydrogen-bond acceptors (Lipinski definition) is 12. The van der Waals surface area contributed by atoms with Crippen molar-refractivity contribution in [2.45, 2.75) is 16.7 Å². The van der Waals surface area contributed by atoms with Crippen molar-refractivity contribution in [1.29, 1.82) is 0 Å². The van der Waals surface area contributed by atoms with Crippen molar-refractivity contribution in [3.8, 4) is 0 Å². The number of thioether (sulfide) groups is 2. The van der Waals surface area contributed by atoms with Crippen molar-refractivity contribution in [1.82, 2.24) is 15.2 Å². The van der Waals surface area contributed by atoms with Crippen LogP contribution in [-0.4, -0.2) is 86.1 Å². The maximum atomic E-state index is 12.7. The second kappa shape index (κ2) is 9.04. The quantitative estimate of drug-likeness (QED) is 0.179. The van der Waals surface area contributed by atoms with Crippen molar-refractivity contribution in [3.63, 3.8) is 0 Å². The number of rotatable bonds is 6. The Morgan fingerprint density at radius 1 is 1.39 bits per heavy atom. The molecule has 0 bridgehead atoms. The van der Waals surface area contributed by atoms with Gasteiger partial charge in [-0.1, -0.05) is 5.16 Å². The van der Waals surface area contributed by atoms with Crippen molar-refractivity contribution >= 4 is 63.5 Å². The number of amides is 2. The van der Waals surface area contributed by atoms with Gasteiger partial charge >= 0.3 is 5.97 Å². The molecule has 2 fully saturated rings. The average Bonchev–Trinajstić information content (AvgIpc) is 3.18. The van der Waals surface area contributed by atoms with Crippen LogP contribution in [-0.2, 0) is 23.9 Å². The molecule has 0 aromatic carbocycles. The van der Waals surface area contributed by atoms with Gasteiger partial charge in [-0.25, -0.2) is 9.78 Å². The SMILES string of the molecule is Nc1nc(/C(=N/O)C(=O)NC2C(=O)N3C(C(=O)O)=C(SC4COCOC4)CS[C@@H]23)cs1. The van der Waals surface area contributed by atoms with Crippen LogP contribution in [0.3, 0.4) is 0 Å². The number of nitrogens with zero attached hydrogens (tertiary/aromatic N) is 3. The summed E-state index contributed by atoms with van der Waals surface area (Å²) in [6.07, 6.45) is 0. The number of carbonyl (C=O) groups is 3. The van der Waals surface area contributed by atoms with Crippen LogP contribution in [0.1, 0.15) is 5.69 Å². The highest BCUT2D eigenvalue weighted by Gasteiger charge is 2.54. The number of fused-ring (bicyclic) bond motifs is 1. The zero-order valence-electron chi connectivity index (χ0n) is 15.7. The summed E-state index contributed by atoms with van der Waals surface area (Å²) in [4.78, 5) is 42.8. The van der Waals surface area contributed by atoms with E-state index in [1.165, 1.54) is 33.8 Å². The predicted molar refractivity (Wildman–Crippen MR) is 113 cm³/mol. The fourth-order valence-electron chi connectivity index (χ4n) is 3.24. The van der Waals surface area contributed by atoms with Gasteiger partial charge in [0.05, 0.1) is 18.5 Å². The number of nitrogens with one attached hydrogen (secondary N) is 1. The molecule has 5 N–H and O–H groups in total. The number of β-lactam (4-membered cyclic amide) rings is 1. The van der Waals surface area contributed by atoms with E-state index in [0.29, 0.717) is 23.9 Å². The van der Waals surface area contributed by atoms with E-state index in [4.69, 9.17) is 15.2 Å². The third-order valence-electron chi connectivity index (χ3n) is 4.59. The van der Waals surface area contributed by atoms with Gasteiger partial charge in [0.25, 0.3) is 11.8 Å². The van der Waals surface area contributed by atoms with Crippen LogP contribution >= 0.6 is 34.9 Å². The van der Waals surface area contributed by atoms with E-state index in [-0.39, 0.29) is 34.3 Å². The molecule has 4 heterocycles. The minimum Gasteiger partial charge on any atom is -0.477 e. The first-order chi connectivity index (χ1) is 14.9. The zero-order valence-corrected chi connectivity index (χ0v) is 18.2. The number of ether oxygens (including phenoxy) is 2. The van der Waals surface area contributed by atoms with Gasteiger partial charge in [-0.05, 0) is 0 Å². The number of oxime groups is 1. The van der Waals surface area contributed by atoms with Gasteiger partial charge in [-0.15, -0.1) is 34.9 Å². The van der Waals surface area contributed by atoms with Crippen LogP contribution in [0.25, 0.3) is 0 Å². The van der Waals surface area contributed by atoms with E-state index in [9.17, 15) is 24.7 Å². The zero-order chi connectivity index (χ0) is 22.1. The van der Waals surface area contributed by atoms with Gasteiger partial charge in [-0.3, -0.25) is 14.5 Å². The molecule has 3 aliphatic heterocycles. The third kappa shape index (κ3) is 4.23. The largest absolute Gasteiger partial charge is 0.477 e. The first kappa shape index (κ1) is 21.9. The molecule has 12 nitrogen and oxygen atoms in total. The number of aliphatic carboxylic acids is 1. The smallest absolute Gasteiger partial charge is 0.353 e. The van der Waals surface area contributed by atoms with Crippen LogP contribution in [0.15, 0.2) is 21.1 Å². The summed E-state index contributed by atoms with van der Waals surface area (Å²) in [6, 6.07) is -0.965. The highest BCUT2D eigenvalue weighted by atomic mass is 32.2. The maximum absolute atomic E-state index is 12.7. The molecule has 31 heavy (non-hydrogen) atoms. The molecule has 1 unspecified atom stereocenters.